The first-order chi connectivity index (χ1) is 7.93. The third kappa shape index (κ3) is 1.72. The SMILES string of the molecule is [c]1nc2ccccc2nc1N1CCOCC1. The van der Waals surface area contributed by atoms with Gasteiger partial charge in [-0.1, -0.05) is 12.1 Å². The molecule has 4 heteroatoms. The van der Waals surface area contributed by atoms with Crippen molar-refractivity contribution in [3.05, 3.63) is 30.5 Å². The van der Waals surface area contributed by atoms with E-state index < -0.39 is 0 Å². The summed E-state index contributed by atoms with van der Waals surface area (Å²) in [6.07, 6.45) is 2.99. The van der Waals surface area contributed by atoms with Gasteiger partial charge in [-0.2, -0.15) is 0 Å². The lowest BCUT2D eigenvalue weighted by Crippen LogP contribution is -2.36. The van der Waals surface area contributed by atoms with Crippen molar-refractivity contribution in [3.8, 4) is 0 Å². The van der Waals surface area contributed by atoms with Gasteiger partial charge in [0.15, 0.2) is 5.82 Å². The van der Waals surface area contributed by atoms with E-state index in [1.54, 1.807) is 0 Å². The summed E-state index contributed by atoms with van der Waals surface area (Å²) in [6, 6.07) is 7.85. The molecule has 2 heterocycles. The van der Waals surface area contributed by atoms with E-state index in [4.69, 9.17) is 4.74 Å². The average Bonchev–Trinajstić information content (AvgIpc) is 2.39. The van der Waals surface area contributed by atoms with Crippen molar-refractivity contribution < 1.29 is 4.74 Å². The smallest absolute Gasteiger partial charge is 0.157 e. The van der Waals surface area contributed by atoms with Gasteiger partial charge in [-0.15, -0.1) is 0 Å². The van der Waals surface area contributed by atoms with E-state index in [0.29, 0.717) is 0 Å². The highest BCUT2D eigenvalue weighted by Gasteiger charge is 2.13. The number of morpholine rings is 1. The molecule has 0 amide bonds. The topological polar surface area (TPSA) is 38.2 Å². The second kappa shape index (κ2) is 4.06. The Balaban J connectivity index is 1.97. The number of anilines is 1. The Morgan fingerprint density at radius 2 is 1.88 bits per heavy atom. The van der Waals surface area contributed by atoms with Crippen molar-refractivity contribution in [3.63, 3.8) is 0 Å². The third-order valence-electron chi connectivity index (χ3n) is 2.70. The van der Waals surface area contributed by atoms with Crippen molar-refractivity contribution in [2.45, 2.75) is 0 Å². The van der Waals surface area contributed by atoms with Crippen molar-refractivity contribution >= 4 is 16.9 Å². The van der Waals surface area contributed by atoms with Gasteiger partial charge in [-0.3, -0.25) is 0 Å². The summed E-state index contributed by atoms with van der Waals surface area (Å²) < 4.78 is 5.30. The zero-order valence-corrected chi connectivity index (χ0v) is 8.89. The minimum atomic E-state index is 0.752. The molecule has 1 fully saturated rings. The summed E-state index contributed by atoms with van der Waals surface area (Å²) in [5.41, 5.74) is 1.81. The highest BCUT2D eigenvalue weighted by molar-refractivity contribution is 5.75. The standard InChI is InChI=1S/C12H12N3O/c1-2-4-11-10(3-1)13-9-12(14-11)15-5-7-16-8-6-15/h1-4H,5-8H2. The third-order valence-corrected chi connectivity index (χ3v) is 2.70. The minimum absolute atomic E-state index is 0.752. The van der Waals surface area contributed by atoms with Gasteiger partial charge in [0.1, 0.15) is 6.20 Å². The normalized spacial score (nSPS) is 16.6. The van der Waals surface area contributed by atoms with Crippen LogP contribution in [0.3, 0.4) is 0 Å². The lowest BCUT2D eigenvalue weighted by molar-refractivity contribution is 0.122. The molecule has 2 aromatic rings. The molecule has 0 atom stereocenters. The van der Waals surface area contributed by atoms with E-state index in [0.717, 1.165) is 43.2 Å². The molecule has 0 bridgehead atoms. The lowest BCUT2D eigenvalue weighted by Gasteiger charge is -2.27. The molecule has 0 N–H and O–H groups in total. The molecular formula is C12H12N3O. The molecule has 1 radical (unpaired) electrons. The maximum atomic E-state index is 5.30. The second-order valence-corrected chi connectivity index (χ2v) is 3.75. The Labute approximate surface area is 93.9 Å². The summed E-state index contributed by atoms with van der Waals surface area (Å²) in [7, 11) is 0. The zero-order valence-electron chi connectivity index (χ0n) is 8.89. The van der Waals surface area contributed by atoms with Crippen LogP contribution in [-0.4, -0.2) is 36.3 Å². The van der Waals surface area contributed by atoms with E-state index >= 15 is 0 Å². The molecule has 0 aliphatic carbocycles. The Hall–Kier alpha value is -1.68. The molecule has 1 aromatic heterocycles. The van der Waals surface area contributed by atoms with Crippen LogP contribution in [0.5, 0.6) is 0 Å². The molecule has 81 valence electrons. The van der Waals surface area contributed by atoms with Gasteiger partial charge < -0.3 is 9.64 Å². The van der Waals surface area contributed by atoms with Crippen LogP contribution < -0.4 is 4.90 Å². The Kier molecular flexibility index (Phi) is 2.42. The molecule has 0 spiro atoms. The number of ether oxygens (including phenoxy) is 1. The lowest BCUT2D eigenvalue weighted by atomic mass is 10.3. The maximum Gasteiger partial charge on any atom is 0.157 e. The van der Waals surface area contributed by atoms with Gasteiger partial charge in [0.2, 0.25) is 0 Å². The van der Waals surface area contributed by atoms with E-state index in [1.807, 2.05) is 24.3 Å². The van der Waals surface area contributed by atoms with Gasteiger partial charge in [0.05, 0.1) is 24.2 Å². The second-order valence-electron chi connectivity index (χ2n) is 3.75. The fourth-order valence-electron chi connectivity index (χ4n) is 1.82. The molecule has 1 aromatic carbocycles. The van der Waals surface area contributed by atoms with E-state index in [1.165, 1.54) is 0 Å². The van der Waals surface area contributed by atoms with E-state index in [9.17, 15) is 0 Å². The van der Waals surface area contributed by atoms with Crippen LogP contribution >= 0.6 is 0 Å². The maximum absolute atomic E-state index is 5.30. The fraction of sp³-hybridized carbons (Fsp3) is 0.333. The molecule has 4 nitrogen and oxygen atoms in total. The number of nitrogens with zero attached hydrogens (tertiary/aromatic N) is 3. The van der Waals surface area contributed by atoms with Crippen molar-refractivity contribution in [2.24, 2.45) is 0 Å². The predicted molar refractivity (Wildman–Crippen MR) is 61.4 cm³/mol. The summed E-state index contributed by atoms with van der Waals surface area (Å²) in [6.45, 7) is 3.23. The number of fused-ring (bicyclic) bond motifs is 1. The first kappa shape index (κ1) is 9.54. The number of benzene rings is 1. The summed E-state index contributed by atoms with van der Waals surface area (Å²) in [4.78, 5) is 11.0. The highest BCUT2D eigenvalue weighted by atomic mass is 16.5. The summed E-state index contributed by atoms with van der Waals surface area (Å²) >= 11 is 0. The summed E-state index contributed by atoms with van der Waals surface area (Å²) in [5.74, 6) is 0.821. The molecule has 0 saturated carbocycles. The van der Waals surface area contributed by atoms with Gasteiger partial charge in [0.25, 0.3) is 0 Å². The molecular weight excluding hydrogens is 202 g/mol. The average molecular weight is 214 g/mol. The zero-order chi connectivity index (χ0) is 10.8. The fourth-order valence-corrected chi connectivity index (χ4v) is 1.82. The van der Waals surface area contributed by atoms with Gasteiger partial charge in [-0.25, -0.2) is 9.97 Å². The number of rotatable bonds is 1. The minimum Gasteiger partial charge on any atom is -0.378 e. The van der Waals surface area contributed by atoms with Gasteiger partial charge >= 0.3 is 0 Å². The number of aromatic nitrogens is 2. The molecule has 16 heavy (non-hydrogen) atoms. The van der Waals surface area contributed by atoms with E-state index in [2.05, 4.69) is 21.1 Å². The monoisotopic (exact) mass is 214 g/mol. The van der Waals surface area contributed by atoms with Crippen molar-refractivity contribution in [2.75, 3.05) is 31.2 Å². The van der Waals surface area contributed by atoms with Crippen LogP contribution in [0.15, 0.2) is 24.3 Å². The van der Waals surface area contributed by atoms with Crippen LogP contribution in [0.1, 0.15) is 0 Å². The largest absolute Gasteiger partial charge is 0.378 e. The van der Waals surface area contributed by atoms with Gasteiger partial charge in [0, 0.05) is 13.1 Å². The van der Waals surface area contributed by atoms with Crippen LogP contribution in [0.25, 0.3) is 11.0 Å². The Morgan fingerprint density at radius 3 is 2.69 bits per heavy atom. The highest BCUT2D eigenvalue weighted by Crippen LogP contribution is 2.15. The molecule has 1 aliphatic heterocycles. The first-order valence-electron chi connectivity index (χ1n) is 5.41. The first-order valence-corrected chi connectivity index (χ1v) is 5.41. The van der Waals surface area contributed by atoms with Crippen LogP contribution in [0.2, 0.25) is 0 Å². The summed E-state index contributed by atoms with van der Waals surface area (Å²) in [5, 5.41) is 0. The predicted octanol–water partition coefficient (Wildman–Crippen LogP) is 1.27. The molecule has 1 aliphatic rings. The number of para-hydroxylation sites is 2. The molecule has 1 saturated heterocycles. The van der Waals surface area contributed by atoms with Gasteiger partial charge in [-0.05, 0) is 12.1 Å². The number of hydrogen-bond acceptors (Lipinski definition) is 4. The van der Waals surface area contributed by atoms with Crippen LogP contribution in [0.4, 0.5) is 5.82 Å². The Morgan fingerprint density at radius 1 is 1.12 bits per heavy atom. The Bertz CT molecular complexity index is 494. The van der Waals surface area contributed by atoms with E-state index in [-0.39, 0.29) is 0 Å². The number of hydrogen-bond donors (Lipinski definition) is 0. The van der Waals surface area contributed by atoms with Crippen LogP contribution in [0, 0.1) is 6.20 Å². The van der Waals surface area contributed by atoms with Crippen molar-refractivity contribution in [1.29, 1.82) is 0 Å². The van der Waals surface area contributed by atoms with Crippen LogP contribution in [-0.2, 0) is 4.74 Å². The quantitative estimate of drug-likeness (QED) is 0.716. The molecule has 0 unspecified atom stereocenters. The molecule has 3 rings (SSSR count). The van der Waals surface area contributed by atoms with Crippen molar-refractivity contribution in [1.82, 2.24) is 9.97 Å².